The number of thioether (sulfide) groups is 1. The van der Waals surface area contributed by atoms with Gasteiger partial charge in [-0.15, -0.1) is 0 Å². The number of carbonyl (C=O) groups is 1. The highest BCUT2D eigenvalue weighted by molar-refractivity contribution is 8.18. The van der Waals surface area contributed by atoms with Crippen molar-refractivity contribution in [3.05, 3.63) is 53.0 Å². The number of aromatic nitrogens is 2. The van der Waals surface area contributed by atoms with Gasteiger partial charge >= 0.3 is 0 Å². The molecule has 0 bridgehead atoms. The van der Waals surface area contributed by atoms with Crippen LogP contribution in [0.2, 0.25) is 0 Å². The molecule has 0 spiro atoms. The molecule has 2 aromatic rings. The van der Waals surface area contributed by atoms with E-state index in [1.165, 1.54) is 31.0 Å². The van der Waals surface area contributed by atoms with E-state index in [0.717, 1.165) is 35.1 Å². The molecule has 2 aliphatic rings. The molecule has 2 heterocycles. The van der Waals surface area contributed by atoms with Gasteiger partial charge in [0.1, 0.15) is 18.2 Å². The Morgan fingerprint density at radius 2 is 2.07 bits per heavy atom. The number of ether oxygens (including phenoxy) is 1. The lowest BCUT2D eigenvalue weighted by molar-refractivity contribution is -0.115. The van der Waals surface area contributed by atoms with E-state index in [1.807, 2.05) is 48.2 Å². The number of hydrogen-bond acceptors (Lipinski definition) is 5. The molecule has 1 aliphatic heterocycles. The van der Waals surface area contributed by atoms with E-state index in [0.29, 0.717) is 17.6 Å². The lowest BCUT2D eigenvalue weighted by Gasteiger charge is -2.17. The second-order valence-electron chi connectivity index (χ2n) is 7.10. The lowest BCUT2D eigenvalue weighted by atomic mass is 9.96. The number of amidine groups is 1. The Morgan fingerprint density at radius 3 is 2.79 bits per heavy atom. The molecule has 0 atom stereocenters. The summed E-state index contributed by atoms with van der Waals surface area (Å²) < 4.78 is 7.70. The molecule has 1 aromatic carbocycles. The van der Waals surface area contributed by atoms with Crippen molar-refractivity contribution < 1.29 is 9.53 Å². The maximum absolute atomic E-state index is 12.2. The highest BCUT2D eigenvalue weighted by Crippen LogP contribution is 2.29. The predicted octanol–water partition coefficient (Wildman–Crippen LogP) is 3.89. The van der Waals surface area contributed by atoms with Crippen molar-refractivity contribution >= 4 is 28.9 Å². The molecule has 28 heavy (non-hydrogen) atoms. The fraction of sp³-hybridized carbons (Fsp3) is 0.381. The van der Waals surface area contributed by atoms with Gasteiger partial charge in [0.2, 0.25) is 0 Å². The van der Waals surface area contributed by atoms with Gasteiger partial charge < -0.3 is 14.6 Å². The highest BCUT2D eigenvalue weighted by Gasteiger charge is 2.25. The van der Waals surface area contributed by atoms with Crippen LogP contribution in [0.1, 0.15) is 43.5 Å². The van der Waals surface area contributed by atoms with Crippen molar-refractivity contribution in [1.82, 2.24) is 14.9 Å². The fourth-order valence-electron chi connectivity index (χ4n) is 3.36. The molecule has 1 saturated heterocycles. The van der Waals surface area contributed by atoms with E-state index in [-0.39, 0.29) is 5.91 Å². The smallest absolute Gasteiger partial charge is 0.264 e. The molecule has 7 heteroatoms. The minimum atomic E-state index is -0.0744. The molecule has 0 radical (unpaired) electrons. The number of imidazole rings is 1. The Morgan fingerprint density at radius 1 is 1.29 bits per heavy atom. The first kappa shape index (κ1) is 18.8. The Labute approximate surface area is 169 Å². The number of amides is 1. The first-order valence-electron chi connectivity index (χ1n) is 9.65. The van der Waals surface area contributed by atoms with Crippen LogP contribution in [0.5, 0.6) is 5.75 Å². The summed E-state index contributed by atoms with van der Waals surface area (Å²) in [6, 6.07) is 8.06. The van der Waals surface area contributed by atoms with Gasteiger partial charge in [0.15, 0.2) is 5.17 Å². The number of benzene rings is 1. The van der Waals surface area contributed by atoms with E-state index in [9.17, 15) is 4.79 Å². The number of nitrogens with zero attached hydrogens (tertiary/aromatic N) is 3. The zero-order valence-corrected chi connectivity index (χ0v) is 16.7. The Balaban J connectivity index is 1.37. The maximum atomic E-state index is 12.2. The third-order valence-corrected chi connectivity index (χ3v) is 5.92. The number of nitrogens with one attached hydrogen (secondary N) is 1. The van der Waals surface area contributed by atoms with Crippen LogP contribution in [0.15, 0.2) is 46.6 Å². The standard InChI is InChI=1S/C21H24N4O2S/c1-25-12-11-22-19(25)14-27-17-9-7-15(8-10-17)13-18-20(26)24-21(28-18)23-16-5-3-2-4-6-16/h7-13,16H,2-6,14H2,1H3,(H,23,24,26)/b18-13-. The second-order valence-corrected chi connectivity index (χ2v) is 8.13. The second kappa shape index (κ2) is 8.65. The molecule has 6 nitrogen and oxygen atoms in total. The third-order valence-electron chi connectivity index (χ3n) is 4.99. The number of rotatable bonds is 5. The van der Waals surface area contributed by atoms with Crippen LogP contribution in [0.4, 0.5) is 0 Å². The van der Waals surface area contributed by atoms with Gasteiger partial charge in [0, 0.05) is 19.4 Å². The van der Waals surface area contributed by atoms with Crippen molar-refractivity contribution in [3.63, 3.8) is 0 Å². The normalized spacial score (nSPS) is 20.7. The predicted molar refractivity (Wildman–Crippen MR) is 112 cm³/mol. The largest absolute Gasteiger partial charge is 0.486 e. The van der Waals surface area contributed by atoms with Crippen molar-refractivity contribution in [3.8, 4) is 5.75 Å². The fourth-order valence-corrected chi connectivity index (χ4v) is 4.25. The monoisotopic (exact) mass is 396 g/mol. The number of aliphatic imine (C=N–C) groups is 1. The lowest BCUT2D eigenvalue weighted by Crippen LogP contribution is -2.22. The molecular formula is C21H24N4O2S. The number of aryl methyl sites for hydroxylation is 1. The van der Waals surface area contributed by atoms with Crippen LogP contribution in [0.25, 0.3) is 6.08 Å². The quantitative estimate of drug-likeness (QED) is 0.779. The molecule has 0 unspecified atom stereocenters. The summed E-state index contributed by atoms with van der Waals surface area (Å²) in [6.07, 6.45) is 11.6. The zero-order chi connectivity index (χ0) is 19.3. The summed E-state index contributed by atoms with van der Waals surface area (Å²) in [5.41, 5.74) is 0.959. The van der Waals surface area contributed by atoms with Crippen LogP contribution < -0.4 is 10.1 Å². The van der Waals surface area contributed by atoms with E-state index in [2.05, 4.69) is 10.3 Å². The Bertz CT molecular complexity index is 895. The van der Waals surface area contributed by atoms with Crippen molar-refractivity contribution in [2.24, 2.45) is 12.0 Å². The van der Waals surface area contributed by atoms with E-state index < -0.39 is 0 Å². The first-order chi connectivity index (χ1) is 13.7. The van der Waals surface area contributed by atoms with Crippen molar-refractivity contribution in [2.45, 2.75) is 44.8 Å². The van der Waals surface area contributed by atoms with Crippen LogP contribution >= 0.6 is 11.8 Å². The molecule has 1 aromatic heterocycles. The van der Waals surface area contributed by atoms with Crippen molar-refractivity contribution in [2.75, 3.05) is 0 Å². The van der Waals surface area contributed by atoms with E-state index in [1.54, 1.807) is 6.20 Å². The molecular weight excluding hydrogens is 372 g/mol. The first-order valence-corrected chi connectivity index (χ1v) is 10.5. The van der Waals surface area contributed by atoms with Gasteiger partial charge in [-0.2, -0.15) is 0 Å². The SMILES string of the molecule is Cn1ccnc1COc1ccc(/C=C2\SC(=NC3CCCCC3)NC2=O)cc1. The van der Waals surface area contributed by atoms with Gasteiger partial charge in [-0.05, 0) is 48.4 Å². The molecule has 1 aliphatic carbocycles. The van der Waals surface area contributed by atoms with E-state index >= 15 is 0 Å². The summed E-state index contributed by atoms with van der Waals surface area (Å²) in [5, 5.41) is 3.63. The minimum Gasteiger partial charge on any atom is -0.486 e. The zero-order valence-electron chi connectivity index (χ0n) is 15.9. The van der Waals surface area contributed by atoms with Gasteiger partial charge in [0.25, 0.3) is 5.91 Å². The molecule has 1 saturated carbocycles. The van der Waals surface area contributed by atoms with Crippen LogP contribution in [0.3, 0.4) is 0 Å². The average molecular weight is 397 g/mol. The summed E-state index contributed by atoms with van der Waals surface area (Å²) in [6.45, 7) is 0.420. The summed E-state index contributed by atoms with van der Waals surface area (Å²) in [5.74, 6) is 1.57. The molecule has 2 fully saturated rings. The van der Waals surface area contributed by atoms with Gasteiger partial charge in [-0.3, -0.25) is 9.79 Å². The number of hydrogen-bond donors (Lipinski definition) is 1. The summed E-state index contributed by atoms with van der Waals surface area (Å²) in [4.78, 5) is 21.9. The molecule has 4 rings (SSSR count). The molecule has 1 N–H and O–H groups in total. The Hall–Kier alpha value is -2.54. The highest BCUT2D eigenvalue weighted by atomic mass is 32.2. The van der Waals surface area contributed by atoms with E-state index in [4.69, 9.17) is 9.73 Å². The van der Waals surface area contributed by atoms with Gasteiger partial charge in [0.05, 0.1) is 10.9 Å². The van der Waals surface area contributed by atoms with Gasteiger partial charge in [-0.25, -0.2) is 4.98 Å². The Kier molecular flexibility index (Phi) is 5.81. The molecule has 1 amide bonds. The summed E-state index contributed by atoms with van der Waals surface area (Å²) in [7, 11) is 1.94. The summed E-state index contributed by atoms with van der Waals surface area (Å²) >= 11 is 1.43. The topological polar surface area (TPSA) is 68.5 Å². The van der Waals surface area contributed by atoms with Crippen LogP contribution in [0, 0.1) is 0 Å². The van der Waals surface area contributed by atoms with Crippen LogP contribution in [-0.2, 0) is 18.4 Å². The number of carbonyl (C=O) groups excluding carboxylic acids is 1. The maximum Gasteiger partial charge on any atom is 0.264 e. The van der Waals surface area contributed by atoms with Gasteiger partial charge in [-0.1, -0.05) is 31.4 Å². The molecule has 146 valence electrons. The third kappa shape index (κ3) is 4.65. The average Bonchev–Trinajstić information content (AvgIpc) is 3.27. The van der Waals surface area contributed by atoms with Crippen molar-refractivity contribution in [1.29, 1.82) is 0 Å². The van der Waals surface area contributed by atoms with Crippen LogP contribution in [-0.4, -0.2) is 26.7 Å². The minimum absolute atomic E-state index is 0.0744.